The van der Waals surface area contributed by atoms with Gasteiger partial charge in [0.05, 0.1) is 28.0 Å². The van der Waals surface area contributed by atoms with Crippen LogP contribution < -0.4 is 4.72 Å². The van der Waals surface area contributed by atoms with E-state index in [4.69, 9.17) is 5.26 Å². The number of aromatic nitrogens is 2. The van der Waals surface area contributed by atoms with Crippen LogP contribution in [0.1, 0.15) is 23.1 Å². The van der Waals surface area contributed by atoms with E-state index in [2.05, 4.69) is 20.8 Å². The average Bonchev–Trinajstić information content (AvgIpc) is 3.16. The Balaban J connectivity index is 2.06. The number of rotatable bonds is 4. The largest absolute Gasteiger partial charge is 0.358 e. The highest BCUT2D eigenvalue weighted by molar-refractivity contribution is 7.94. The van der Waals surface area contributed by atoms with Gasteiger partial charge in [0.15, 0.2) is 4.21 Å². The number of aryl methyl sites for hydroxylation is 2. The Bertz CT molecular complexity index is 1030. The highest BCUT2D eigenvalue weighted by Crippen LogP contribution is 2.30. The summed E-state index contributed by atoms with van der Waals surface area (Å²) in [6.07, 6.45) is 3.64. The third kappa shape index (κ3) is 2.69. The zero-order chi connectivity index (χ0) is 16.6. The van der Waals surface area contributed by atoms with Crippen molar-refractivity contribution < 1.29 is 8.42 Å². The van der Waals surface area contributed by atoms with E-state index in [1.54, 1.807) is 18.3 Å². The lowest BCUT2D eigenvalue weighted by molar-refractivity contribution is 0.603. The molecular formula is C15H14N4O2S2. The van der Waals surface area contributed by atoms with Crippen molar-refractivity contribution in [1.82, 2.24) is 9.97 Å². The molecule has 3 aromatic rings. The molecular weight excluding hydrogens is 332 g/mol. The van der Waals surface area contributed by atoms with E-state index in [1.165, 1.54) is 6.20 Å². The quantitative estimate of drug-likeness (QED) is 0.758. The molecule has 0 aliphatic rings. The summed E-state index contributed by atoms with van der Waals surface area (Å²) < 4.78 is 27.8. The van der Waals surface area contributed by atoms with Gasteiger partial charge in [0.2, 0.25) is 0 Å². The highest BCUT2D eigenvalue weighted by atomic mass is 32.2. The molecule has 0 aliphatic heterocycles. The molecule has 0 saturated heterocycles. The predicted octanol–water partition coefficient (Wildman–Crippen LogP) is 3.17. The molecule has 0 atom stereocenters. The number of hydrogen-bond acceptors (Lipinski definition) is 5. The first-order valence-electron chi connectivity index (χ1n) is 6.94. The van der Waals surface area contributed by atoms with Gasteiger partial charge in [0, 0.05) is 11.6 Å². The zero-order valence-corrected chi connectivity index (χ0v) is 14.2. The molecule has 2 N–H and O–H groups in total. The molecule has 0 fully saturated rings. The van der Waals surface area contributed by atoms with Crippen molar-refractivity contribution in [3.63, 3.8) is 0 Å². The summed E-state index contributed by atoms with van der Waals surface area (Å²) in [5, 5.41) is 10.7. The Labute approximate surface area is 137 Å². The molecule has 2 aromatic heterocycles. The van der Waals surface area contributed by atoms with Crippen LogP contribution in [0.3, 0.4) is 0 Å². The molecule has 23 heavy (non-hydrogen) atoms. The molecule has 0 radical (unpaired) electrons. The van der Waals surface area contributed by atoms with E-state index >= 15 is 0 Å². The van der Waals surface area contributed by atoms with Gasteiger partial charge in [-0.15, -0.1) is 11.3 Å². The van der Waals surface area contributed by atoms with Crippen LogP contribution in [0.4, 0.5) is 5.69 Å². The number of thiazole rings is 1. The van der Waals surface area contributed by atoms with Gasteiger partial charge in [-0.05, 0) is 25.0 Å². The number of nitrogens with zero attached hydrogens (tertiary/aromatic N) is 2. The Morgan fingerprint density at radius 1 is 1.43 bits per heavy atom. The van der Waals surface area contributed by atoms with Gasteiger partial charge in [-0.25, -0.2) is 13.4 Å². The maximum absolute atomic E-state index is 12.5. The average molecular weight is 346 g/mol. The van der Waals surface area contributed by atoms with E-state index in [0.717, 1.165) is 27.3 Å². The number of anilines is 1. The highest BCUT2D eigenvalue weighted by Gasteiger charge is 2.20. The second kappa shape index (κ2) is 5.68. The summed E-state index contributed by atoms with van der Waals surface area (Å²) in [6, 6.07) is 5.59. The molecule has 2 heterocycles. The van der Waals surface area contributed by atoms with Crippen LogP contribution >= 0.6 is 11.3 Å². The van der Waals surface area contributed by atoms with Crippen molar-refractivity contribution in [2.24, 2.45) is 0 Å². The summed E-state index contributed by atoms with van der Waals surface area (Å²) in [7, 11) is -3.70. The first-order valence-corrected chi connectivity index (χ1v) is 9.24. The Morgan fingerprint density at radius 2 is 2.22 bits per heavy atom. The third-order valence-electron chi connectivity index (χ3n) is 3.51. The first-order chi connectivity index (χ1) is 11.0. The third-order valence-corrected chi connectivity index (χ3v) is 6.48. The summed E-state index contributed by atoms with van der Waals surface area (Å²) in [4.78, 5) is 7.06. The van der Waals surface area contributed by atoms with Gasteiger partial charge in [0.1, 0.15) is 6.07 Å². The van der Waals surface area contributed by atoms with E-state index < -0.39 is 10.0 Å². The number of benzene rings is 1. The van der Waals surface area contributed by atoms with Crippen molar-refractivity contribution in [1.29, 1.82) is 5.26 Å². The molecule has 0 amide bonds. The molecule has 0 aliphatic carbocycles. The molecule has 1 aromatic carbocycles. The van der Waals surface area contributed by atoms with E-state index in [-0.39, 0.29) is 4.21 Å². The van der Waals surface area contributed by atoms with Gasteiger partial charge in [-0.2, -0.15) is 5.26 Å². The molecule has 0 bridgehead atoms. The van der Waals surface area contributed by atoms with Gasteiger partial charge in [0.25, 0.3) is 10.0 Å². The van der Waals surface area contributed by atoms with Crippen LogP contribution in [-0.4, -0.2) is 18.4 Å². The number of nitrogens with one attached hydrogen (secondary N) is 2. The normalized spacial score (nSPS) is 11.5. The SMILES string of the molecule is CCc1ncc(S(=O)(=O)Nc2ccc(C)c3c(C#N)c[nH]c23)s1. The fraction of sp³-hybridized carbons (Fsp3) is 0.200. The van der Waals surface area contributed by atoms with Crippen molar-refractivity contribution in [3.8, 4) is 6.07 Å². The molecule has 8 heteroatoms. The van der Waals surface area contributed by atoms with Crippen LogP contribution in [0.25, 0.3) is 10.9 Å². The fourth-order valence-electron chi connectivity index (χ4n) is 2.37. The van der Waals surface area contributed by atoms with Crippen LogP contribution in [0.5, 0.6) is 0 Å². The van der Waals surface area contributed by atoms with E-state index in [0.29, 0.717) is 23.2 Å². The minimum Gasteiger partial charge on any atom is -0.358 e. The van der Waals surface area contributed by atoms with Crippen molar-refractivity contribution in [2.45, 2.75) is 24.5 Å². The Morgan fingerprint density at radius 3 is 2.87 bits per heavy atom. The minimum atomic E-state index is -3.70. The van der Waals surface area contributed by atoms with E-state index in [1.807, 2.05) is 13.8 Å². The van der Waals surface area contributed by atoms with Crippen LogP contribution in [-0.2, 0) is 16.4 Å². The second-order valence-electron chi connectivity index (χ2n) is 5.03. The summed E-state index contributed by atoms with van der Waals surface area (Å²) >= 11 is 1.15. The summed E-state index contributed by atoms with van der Waals surface area (Å²) in [5.41, 5.74) is 2.42. The van der Waals surface area contributed by atoms with Gasteiger partial charge in [-0.3, -0.25) is 4.72 Å². The number of nitriles is 1. The van der Waals surface area contributed by atoms with Crippen molar-refractivity contribution in [3.05, 3.63) is 40.7 Å². The summed E-state index contributed by atoms with van der Waals surface area (Å²) in [5.74, 6) is 0. The molecule has 118 valence electrons. The number of aromatic amines is 1. The minimum absolute atomic E-state index is 0.176. The molecule has 0 spiro atoms. The Hall–Kier alpha value is -2.37. The molecule has 0 saturated carbocycles. The zero-order valence-electron chi connectivity index (χ0n) is 12.5. The molecule has 6 nitrogen and oxygen atoms in total. The van der Waals surface area contributed by atoms with E-state index in [9.17, 15) is 8.42 Å². The number of fused-ring (bicyclic) bond motifs is 1. The predicted molar refractivity (Wildman–Crippen MR) is 90.1 cm³/mol. The molecule has 0 unspecified atom stereocenters. The standard InChI is InChI=1S/C15H14N4O2S2/c1-3-12-17-8-13(22-12)23(20,21)19-11-5-4-9(2)14-10(6-16)7-18-15(11)14/h4-5,7-8,18-19H,3H2,1-2H3. The fourth-order valence-corrected chi connectivity index (χ4v) is 4.56. The number of sulfonamides is 1. The first kappa shape index (κ1) is 15.5. The van der Waals surface area contributed by atoms with Crippen molar-refractivity contribution >= 4 is 38.0 Å². The maximum Gasteiger partial charge on any atom is 0.273 e. The lowest BCUT2D eigenvalue weighted by Crippen LogP contribution is -2.12. The maximum atomic E-state index is 12.5. The lowest BCUT2D eigenvalue weighted by atomic mass is 10.1. The van der Waals surface area contributed by atoms with Crippen LogP contribution in [0, 0.1) is 18.3 Å². The number of H-pyrrole nitrogens is 1. The number of hydrogen-bond donors (Lipinski definition) is 2. The topological polar surface area (TPSA) is 98.6 Å². The van der Waals surface area contributed by atoms with Crippen LogP contribution in [0.2, 0.25) is 0 Å². The van der Waals surface area contributed by atoms with Gasteiger partial charge >= 0.3 is 0 Å². The summed E-state index contributed by atoms with van der Waals surface area (Å²) in [6.45, 7) is 3.81. The second-order valence-corrected chi connectivity index (χ2v) is 8.05. The van der Waals surface area contributed by atoms with Gasteiger partial charge in [-0.1, -0.05) is 13.0 Å². The monoisotopic (exact) mass is 346 g/mol. The smallest absolute Gasteiger partial charge is 0.273 e. The molecule has 3 rings (SSSR count). The Kier molecular flexibility index (Phi) is 3.83. The van der Waals surface area contributed by atoms with Crippen molar-refractivity contribution in [2.75, 3.05) is 4.72 Å². The van der Waals surface area contributed by atoms with Crippen LogP contribution in [0.15, 0.2) is 28.7 Å². The van der Waals surface area contributed by atoms with Gasteiger partial charge < -0.3 is 4.98 Å². The lowest BCUT2D eigenvalue weighted by Gasteiger charge is -2.08.